The molecule has 25 heavy (non-hydrogen) atoms. The van der Waals surface area contributed by atoms with Crippen molar-refractivity contribution in [1.82, 2.24) is 0 Å². The zero-order chi connectivity index (χ0) is 18.2. The molecule has 3 rings (SSSR count). The Bertz CT molecular complexity index is 971. The molecule has 130 valence electrons. The molecule has 1 aliphatic heterocycles. The van der Waals surface area contributed by atoms with Gasteiger partial charge in [0.15, 0.2) is 5.76 Å². The van der Waals surface area contributed by atoms with Crippen molar-refractivity contribution >= 4 is 22.0 Å². The number of carbonyl (C=O) groups excluding carboxylic acids is 1. The Morgan fingerprint density at radius 1 is 1.08 bits per heavy atom. The fraction of sp³-hybridized carbons (Fsp3) is 0.167. The summed E-state index contributed by atoms with van der Waals surface area (Å²) >= 11 is 0. The molecule has 0 saturated heterocycles. The van der Waals surface area contributed by atoms with Crippen LogP contribution in [-0.2, 0) is 10.1 Å². The standard InChI is InChI=1S/C18H16O6S/c1-11-15(24-25(3,20)21)9-8-14-17(19)16(23-18(11)14)10-12-4-6-13(22-2)7-5-12/h4-10H,1-3H3/b16-10+. The van der Waals surface area contributed by atoms with E-state index in [-0.39, 0.29) is 17.3 Å². The van der Waals surface area contributed by atoms with Gasteiger partial charge in [0.2, 0.25) is 5.78 Å². The number of hydrogen-bond donors (Lipinski definition) is 0. The molecule has 0 fully saturated rings. The molecular weight excluding hydrogens is 344 g/mol. The second kappa shape index (κ2) is 6.25. The van der Waals surface area contributed by atoms with Crippen LogP contribution in [0.1, 0.15) is 21.5 Å². The molecule has 0 aromatic heterocycles. The number of rotatable bonds is 4. The van der Waals surface area contributed by atoms with Crippen molar-refractivity contribution in [3.05, 3.63) is 58.8 Å². The van der Waals surface area contributed by atoms with Crippen LogP contribution in [0.2, 0.25) is 0 Å². The van der Waals surface area contributed by atoms with Gasteiger partial charge in [-0.25, -0.2) is 0 Å². The highest BCUT2D eigenvalue weighted by atomic mass is 32.2. The number of ketones is 1. The number of allylic oxidation sites excluding steroid dienone is 1. The van der Waals surface area contributed by atoms with Crippen molar-refractivity contribution in [3.8, 4) is 17.2 Å². The highest BCUT2D eigenvalue weighted by Crippen LogP contribution is 2.39. The lowest BCUT2D eigenvalue weighted by atomic mass is 10.1. The Balaban J connectivity index is 1.94. The molecule has 7 heteroatoms. The first-order chi connectivity index (χ1) is 11.8. The maximum absolute atomic E-state index is 12.5. The molecule has 1 heterocycles. The lowest BCUT2D eigenvalue weighted by Gasteiger charge is -2.09. The fourth-order valence-corrected chi connectivity index (χ4v) is 2.98. The van der Waals surface area contributed by atoms with E-state index in [2.05, 4.69) is 0 Å². The molecule has 0 saturated carbocycles. The van der Waals surface area contributed by atoms with E-state index in [4.69, 9.17) is 13.7 Å². The normalized spacial score (nSPS) is 15.0. The largest absolute Gasteiger partial charge is 0.497 e. The fourth-order valence-electron chi connectivity index (χ4n) is 2.47. The van der Waals surface area contributed by atoms with E-state index in [1.165, 1.54) is 12.1 Å². The number of Topliss-reactive ketones (excluding diaryl/α,β-unsaturated/α-hetero) is 1. The monoisotopic (exact) mass is 360 g/mol. The van der Waals surface area contributed by atoms with Gasteiger partial charge < -0.3 is 13.7 Å². The Hall–Kier alpha value is -2.80. The van der Waals surface area contributed by atoms with Crippen molar-refractivity contribution in [2.24, 2.45) is 0 Å². The molecule has 1 aliphatic rings. The van der Waals surface area contributed by atoms with Crippen molar-refractivity contribution < 1.29 is 26.9 Å². The Kier molecular flexibility index (Phi) is 4.26. The molecular formula is C18H16O6S. The average molecular weight is 360 g/mol. The summed E-state index contributed by atoms with van der Waals surface area (Å²) < 4.78 is 38.3. The lowest BCUT2D eigenvalue weighted by molar-refractivity contribution is 0.101. The summed E-state index contributed by atoms with van der Waals surface area (Å²) in [4.78, 5) is 12.5. The maximum atomic E-state index is 12.5. The zero-order valence-corrected chi connectivity index (χ0v) is 14.7. The average Bonchev–Trinajstić information content (AvgIpc) is 2.87. The van der Waals surface area contributed by atoms with Gasteiger partial charge in [-0.1, -0.05) is 12.1 Å². The van der Waals surface area contributed by atoms with E-state index < -0.39 is 10.1 Å². The van der Waals surface area contributed by atoms with Gasteiger partial charge in [0.25, 0.3) is 0 Å². The maximum Gasteiger partial charge on any atom is 0.306 e. The van der Waals surface area contributed by atoms with Gasteiger partial charge in [0, 0.05) is 5.56 Å². The number of carbonyl (C=O) groups is 1. The van der Waals surface area contributed by atoms with Crippen molar-refractivity contribution in [3.63, 3.8) is 0 Å². The summed E-state index contributed by atoms with van der Waals surface area (Å²) in [5, 5.41) is 0. The first kappa shape index (κ1) is 17.0. The van der Waals surface area contributed by atoms with Crippen molar-refractivity contribution in [2.45, 2.75) is 6.92 Å². The van der Waals surface area contributed by atoms with Crippen LogP contribution in [0.25, 0.3) is 6.08 Å². The van der Waals surface area contributed by atoms with Crippen LogP contribution < -0.4 is 13.7 Å². The molecule has 0 aliphatic carbocycles. The van der Waals surface area contributed by atoms with Crippen LogP contribution in [0.3, 0.4) is 0 Å². The highest BCUT2D eigenvalue weighted by Gasteiger charge is 2.30. The first-order valence-electron chi connectivity index (χ1n) is 7.40. The third-order valence-corrected chi connectivity index (χ3v) is 4.17. The number of ether oxygens (including phenoxy) is 2. The van der Waals surface area contributed by atoms with Crippen LogP contribution in [0.15, 0.2) is 42.2 Å². The summed E-state index contributed by atoms with van der Waals surface area (Å²) in [6.07, 6.45) is 2.58. The number of hydrogen-bond acceptors (Lipinski definition) is 6. The summed E-state index contributed by atoms with van der Waals surface area (Å²) in [6, 6.07) is 10.1. The van der Waals surface area contributed by atoms with Gasteiger partial charge in [-0.2, -0.15) is 8.42 Å². The molecule has 6 nitrogen and oxygen atoms in total. The topological polar surface area (TPSA) is 78.9 Å². The number of methoxy groups -OCH3 is 1. The molecule has 2 aromatic carbocycles. The Morgan fingerprint density at radius 3 is 2.36 bits per heavy atom. The van der Waals surface area contributed by atoms with Crippen LogP contribution in [0.5, 0.6) is 17.2 Å². The molecule has 0 unspecified atom stereocenters. The van der Waals surface area contributed by atoms with Gasteiger partial charge in [-0.15, -0.1) is 0 Å². The molecule has 2 aromatic rings. The van der Waals surface area contributed by atoms with Gasteiger partial charge in [-0.05, 0) is 42.8 Å². The van der Waals surface area contributed by atoms with E-state index in [1.54, 1.807) is 44.4 Å². The number of benzene rings is 2. The van der Waals surface area contributed by atoms with Crippen molar-refractivity contribution in [2.75, 3.05) is 13.4 Å². The molecule has 0 radical (unpaired) electrons. The Labute approximate surface area is 145 Å². The van der Waals surface area contributed by atoms with Gasteiger partial charge in [0.1, 0.15) is 17.2 Å². The molecule has 0 amide bonds. The minimum Gasteiger partial charge on any atom is -0.497 e. The van der Waals surface area contributed by atoms with E-state index >= 15 is 0 Å². The van der Waals surface area contributed by atoms with Crippen molar-refractivity contribution in [1.29, 1.82) is 0 Å². The summed E-state index contributed by atoms with van der Waals surface area (Å²) in [5.74, 6) is 1.06. The summed E-state index contributed by atoms with van der Waals surface area (Å²) in [7, 11) is -2.09. The second-order valence-corrected chi connectivity index (χ2v) is 7.14. The highest BCUT2D eigenvalue weighted by molar-refractivity contribution is 7.86. The second-order valence-electron chi connectivity index (χ2n) is 5.57. The quantitative estimate of drug-likeness (QED) is 0.616. The predicted octanol–water partition coefficient (Wildman–Crippen LogP) is 2.96. The van der Waals surface area contributed by atoms with Crippen LogP contribution in [-0.4, -0.2) is 27.6 Å². The molecule has 0 atom stereocenters. The summed E-state index contributed by atoms with van der Waals surface area (Å²) in [6.45, 7) is 1.64. The van der Waals surface area contributed by atoms with E-state index in [0.29, 0.717) is 22.6 Å². The van der Waals surface area contributed by atoms with E-state index in [9.17, 15) is 13.2 Å². The predicted molar refractivity (Wildman–Crippen MR) is 92.6 cm³/mol. The molecule has 0 N–H and O–H groups in total. The smallest absolute Gasteiger partial charge is 0.306 e. The SMILES string of the molecule is COc1ccc(/C=C2/Oc3c(ccc(OS(C)(=O)=O)c3C)C2=O)cc1. The number of fused-ring (bicyclic) bond motifs is 1. The third kappa shape index (κ3) is 3.51. The van der Waals surface area contributed by atoms with E-state index in [0.717, 1.165) is 11.8 Å². The third-order valence-electron chi connectivity index (χ3n) is 3.69. The van der Waals surface area contributed by atoms with Crippen LogP contribution >= 0.6 is 0 Å². The van der Waals surface area contributed by atoms with Crippen LogP contribution in [0.4, 0.5) is 0 Å². The van der Waals surface area contributed by atoms with Crippen LogP contribution in [0, 0.1) is 6.92 Å². The molecule has 0 spiro atoms. The van der Waals surface area contributed by atoms with Gasteiger partial charge in [-0.3, -0.25) is 4.79 Å². The van der Waals surface area contributed by atoms with Gasteiger partial charge in [0.05, 0.1) is 18.9 Å². The van der Waals surface area contributed by atoms with E-state index in [1.807, 2.05) is 0 Å². The minimum atomic E-state index is -3.67. The Morgan fingerprint density at radius 2 is 1.76 bits per heavy atom. The van der Waals surface area contributed by atoms with Gasteiger partial charge >= 0.3 is 10.1 Å². The first-order valence-corrected chi connectivity index (χ1v) is 9.21. The minimum absolute atomic E-state index is 0.139. The lowest BCUT2D eigenvalue weighted by Crippen LogP contribution is -2.07. The molecule has 0 bridgehead atoms. The summed E-state index contributed by atoms with van der Waals surface area (Å²) in [5.41, 5.74) is 1.61. The zero-order valence-electron chi connectivity index (χ0n) is 13.9.